The van der Waals surface area contributed by atoms with Gasteiger partial charge in [0.25, 0.3) is 0 Å². The van der Waals surface area contributed by atoms with Crippen molar-refractivity contribution in [1.29, 1.82) is 0 Å². The lowest BCUT2D eigenvalue weighted by molar-refractivity contribution is -0.122. The lowest BCUT2D eigenvalue weighted by Gasteiger charge is -2.21. The highest BCUT2D eigenvalue weighted by atomic mass is 16.5. The van der Waals surface area contributed by atoms with Crippen LogP contribution in [0, 0.1) is 5.92 Å². The lowest BCUT2D eigenvalue weighted by Crippen LogP contribution is -2.40. The predicted octanol–water partition coefficient (Wildman–Crippen LogP) is 2.43. The van der Waals surface area contributed by atoms with Crippen molar-refractivity contribution in [2.45, 2.75) is 44.6 Å². The minimum Gasteiger partial charge on any atom is -0.497 e. The average molecular weight is 290 g/mol. The molecule has 0 radical (unpaired) electrons. The third-order valence-electron chi connectivity index (χ3n) is 4.46. The van der Waals surface area contributed by atoms with Crippen molar-refractivity contribution in [2.75, 3.05) is 13.7 Å². The number of amides is 1. The highest BCUT2D eigenvalue weighted by molar-refractivity contribution is 5.77. The number of carbonyl (C=O) groups is 1. The van der Waals surface area contributed by atoms with Crippen LogP contribution in [0.4, 0.5) is 0 Å². The number of hydrogen-bond donors (Lipinski definition) is 2. The van der Waals surface area contributed by atoms with Crippen LogP contribution in [0.25, 0.3) is 0 Å². The number of rotatable bonds is 6. The first-order valence-electron chi connectivity index (χ1n) is 7.77. The van der Waals surface area contributed by atoms with Crippen LogP contribution < -0.4 is 15.8 Å². The monoisotopic (exact) mass is 290 g/mol. The highest BCUT2D eigenvalue weighted by Gasteiger charge is 2.27. The normalized spacial score (nSPS) is 22.8. The van der Waals surface area contributed by atoms with Gasteiger partial charge in [0.15, 0.2) is 0 Å². The van der Waals surface area contributed by atoms with Crippen molar-refractivity contribution < 1.29 is 9.53 Å². The van der Waals surface area contributed by atoms with E-state index in [0.29, 0.717) is 18.9 Å². The molecule has 1 fully saturated rings. The minimum atomic E-state index is 0.121. The van der Waals surface area contributed by atoms with Crippen LogP contribution in [-0.2, 0) is 4.79 Å². The van der Waals surface area contributed by atoms with Gasteiger partial charge in [0.05, 0.1) is 7.11 Å². The summed E-state index contributed by atoms with van der Waals surface area (Å²) in [4.78, 5) is 12.2. The fourth-order valence-electron chi connectivity index (χ4n) is 3.12. The van der Waals surface area contributed by atoms with Gasteiger partial charge in [0, 0.05) is 12.5 Å². The molecule has 21 heavy (non-hydrogen) atoms. The highest BCUT2D eigenvalue weighted by Crippen LogP contribution is 2.26. The van der Waals surface area contributed by atoms with Crippen LogP contribution in [0.2, 0.25) is 0 Å². The Morgan fingerprint density at radius 1 is 1.48 bits per heavy atom. The fourth-order valence-corrected chi connectivity index (χ4v) is 3.12. The zero-order valence-electron chi connectivity index (χ0n) is 13.0. The largest absolute Gasteiger partial charge is 0.497 e. The van der Waals surface area contributed by atoms with Gasteiger partial charge in [-0.25, -0.2) is 0 Å². The number of carbonyl (C=O) groups excluding carboxylic acids is 1. The van der Waals surface area contributed by atoms with E-state index in [1.165, 1.54) is 0 Å². The summed E-state index contributed by atoms with van der Waals surface area (Å²) in [7, 11) is 1.66. The van der Waals surface area contributed by atoms with Crippen molar-refractivity contribution in [3.63, 3.8) is 0 Å². The Balaban J connectivity index is 1.89. The zero-order valence-corrected chi connectivity index (χ0v) is 13.0. The first-order valence-corrected chi connectivity index (χ1v) is 7.77. The molecule has 3 atom stereocenters. The van der Waals surface area contributed by atoms with E-state index in [0.717, 1.165) is 30.6 Å². The van der Waals surface area contributed by atoms with Crippen LogP contribution in [-0.4, -0.2) is 25.6 Å². The Hall–Kier alpha value is -1.55. The van der Waals surface area contributed by atoms with Gasteiger partial charge in [-0.3, -0.25) is 4.79 Å². The smallest absolute Gasteiger partial charge is 0.220 e. The Labute approximate surface area is 127 Å². The van der Waals surface area contributed by atoms with E-state index < -0.39 is 0 Å². The van der Waals surface area contributed by atoms with Crippen LogP contribution in [0.5, 0.6) is 5.75 Å². The second-order valence-corrected chi connectivity index (χ2v) is 5.98. The van der Waals surface area contributed by atoms with Crippen LogP contribution in [0.1, 0.15) is 44.1 Å². The molecule has 1 aliphatic carbocycles. The molecule has 2 rings (SSSR count). The Morgan fingerprint density at radius 3 is 3.00 bits per heavy atom. The number of methoxy groups -OCH3 is 1. The number of hydrogen-bond acceptors (Lipinski definition) is 3. The molecule has 0 heterocycles. The molecule has 116 valence electrons. The molecule has 0 bridgehead atoms. The number of nitrogens with two attached hydrogens (primary N) is 1. The fraction of sp³-hybridized carbons (Fsp3) is 0.588. The molecule has 4 nitrogen and oxygen atoms in total. The van der Waals surface area contributed by atoms with Crippen LogP contribution >= 0.6 is 0 Å². The van der Waals surface area contributed by atoms with E-state index in [1.807, 2.05) is 24.3 Å². The van der Waals surface area contributed by atoms with Gasteiger partial charge in [-0.2, -0.15) is 0 Å². The molecule has 0 aromatic heterocycles. The van der Waals surface area contributed by atoms with Crippen molar-refractivity contribution in [2.24, 2.45) is 11.7 Å². The van der Waals surface area contributed by atoms with E-state index in [-0.39, 0.29) is 17.9 Å². The van der Waals surface area contributed by atoms with E-state index in [4.69, 9.17) is 10.5 Å². The third kappa shape index (κ3) is 4.21. The van der Waals surface area contributed by atoms with Gasteiger partial charge >= 0.3 is 0 Å². The van der Waals surface area contributed by atoms with Gasteiger partial charge in [0.1, 0.15) is 5.75 Å². The first-order chi connectivity index (χ1) is 10.1. The Morgan fingerprint density at radius 2 is 2.29 bits per heavy atom. The lowest BCUT2D eigenvalue weighted by atomic mass is 9.96. The summed E-state index contributed by atoms with van der Waals surface area (Å²) in [5.74, 6) is 1.58. The summed E-state index contributed by atoms with van der Waals surface area (Å²) in [5, 5.41) is 3.16. The molecule has 0 aliphatic heterocycles. The van der Waals surface area contributed by atoms with E-state index in [1.54, 1.807) is 7.11 Å². The molecule has 3 N–H and O–H groups in total. The maximum atomic E-state index is 12.2. The van der Waals surface area contributed by atoms with Gasteiger partial charge in [0.2, 0.25) is 5.91 Å². The quantitative estimate of drug-likeness (QED) is 0.845. The van der Waals surface area contributed by atoms with E-state index >= 15 is 0 Å². The SMILES string of the molecule is COc1cccc(C(C)CC(=O)NC2CCCC2CN)c1. The molecule has 0 spiro atoms. The molecule has 1 amide bonds. The van der Waals surface area contributed by atoms with E-state index in [9.17, 15) is 4.79 Å². The first kappa shape index (κ1) is 15.8. The molecular formula is C17H26N2O2. The van der Waals surface area contributed by atoms with Crippen molar-refractivity contribution in [3.05, 3.63) is 29.8 Å². The summed E-state index contributed by atoms with van der Waals surface area (Å²) >= 11 is 0. The Bertz CT molecular complexity index is 476. The maximum absolute atomic E-state index is 12.2. The van der Waals surface area contributed by atoms with Crippen molar-refractivity contribution >= 4 is 5.91 Å². The van der Waals surface area contributed by atoms with E-state index in [2.05, 4.69) is 12.2 Å². The standard InChI is InChI=1S/C17H26N2O2/c1-12(13-5-3-7-15(10-13)21-2)9-17(20)19-16-8-4-6-14(16)11-18/h3,5,7,10,12,14,16H,4,6,8-9,11,18H2,1-2H3,(H,19,20). The topological polar surface area (TPSA) is 64.3 Å². The second-order valence-electron chi connectivity index (χ2n) is 5.98. The van der Waals surface area contributed by atoms with Gasteiger partial charge in [-0.15, -0.1) is 0 Å². The number of nitrogens with one attached hydrogen (secondary N) is 1. The number of benzene rings is 1. The molecule has 1 saturated carbocycles. The summed E-state index contributed by atoms with van der Waals surface area (Å²) in [6.45, 7) is 2.74. The molecule has 1 aromatic rings. The summed E-state index contributed by atoms with van der Waals surface area (Å²) < 4.78 is 5.23. The Kier molecular flexibility index (Phi) is 5.62. The summed E-state index contributed by atoms with van der Waals surface area (Å²) in [6.07, 6.45) is 3.85. The van der Waals surface area contributed by atoms with Crippen LogP contribution in [0.3, 0.4) is 0 Å². The molecule has 1 aliphatic rings. The van der Waals surface area contributed by atoms with Crippen molar-refractivity contribution in [1.82, 2.24) is 5.32 Å². The average Bonchev–Trinajstić information content (AvgIpc) is 2.94. The molecule has 4 heteroatoms. The van der Waals surface area contributed by atoms with Gasteiger partial charge < -0.3 is 15.8 Å². The van der Waals surface area contributed by atoms with Crippen molar-refractivity contribution in [3.8, 4) is 5.75 Å². The molecule has 3 unspecified atom stereocenters. The van der Waals surface area contributed by atoms with Gasteiger partial charge in [-0.1, -0.05) is 25.5 Å². The summed E-state index contributed by atoms with van der Waals surface area (Å²) in [5.41, 5.74) is 6.89. The summed E-state index contributed by atoms with van der Waals surface area (Å²) in [6, 6.07) is 8.18. The predicted molar refractivity (Wildman–Crippen MR) is 84.4 cm³/mol. The molecule has 0 saturated heterocycles. The molecular weight excluding hydrogens is 264 g/mol. The molecule has 1 aromatic carbocycles. The number of ether oxygens (including phenoxy) is 1. The van der Waals surface area contributed by atoms with Crippen LogP contribution in [0.15, 0.2) is 24.3 Å². The second kappa shape index (κ2) is 7.46. The minimum absolute atomic E-state index is 0.121. The zero-order chi connectivity index (χ0) is 15.2. The maximum Gasteiger partial charge on any atom is 0.220 e. The third-order valence-corrected chi connectivity index (χ3v) is 4.46. The van der Waals surface area contributed by atoms with Gasteiger partial charge in [-0.05, 0) is 48.9 Å².